The maximum atomic E-state index is 5.24. The van der Waals surface area contributed by atoms with Crippen molar-refractivity contribution in [2.24, 2.45) is 0 Å². The van der Waals surface area contributed by atoms with Gasteiger partial charge in [-0.1, -0.05) is 315 Å². The van der Waals surface area contributed by atoms with Crippen molar-refractivity contribution in [1.29, 1.82) is 0 Å². The summed E-state index contributed by atoms with van der Waals surface area (Å²) in [5, 5.41) is 12.1. The first-order valence-electron chi connectivity index (χ1n) is 31.1. The zero-order valence-electron chi connectivity index (χ0n) is 49.9. The maximum Gasteiger partial charge on any atom is 0.164 e. The normalized spacial score (nSPS) is 11.5. The lowest BCUT2D eigenvalue weighted by Gasteiger charge is -2.18. The van der Waals surface area contributed by atoms with E-state index in [1.807, 2.05) is 60.7 Å². The Bertz CT molecular complexity index is 5540. The van der Waals surface area contributed by atoms with Crippen LogP contribution in [0.15, 0.2) is 328 Å². The Morgan fingerprint density at radius 2 is 0.370 bits per heavy atom. The molecule has 0 amide bonds. The molecule has 2 aromatic heterocycles. The van der Waals surface area contributed by atoms with Crippen LogP contribution in [-0.2, 0) is 0 Å². The van der Waals surface area contributed by atoms with E-state index in [0.717, 1.165) is 55.6 Å². The van der Waals surface area contributed by atoms with E-state index in [-0.39, 0.29) is 0 Å². The molecule has 0 radical (unpaired) electrons. The van der Waals surface area contributed by atoms with E-state index in [2.05, 4.69) is 267 Å². The van der Waals surface area contributed by atoms with Gasteiger partial charge in [0, 0.05) is 33.4 Å². The maximum absolute atomic E-state index is 5.24. The van der Waals surface area contributed by atoms with Crippen molar-refractivity contribution < 1.29 is 0 Å². The molecule has 0 saturated carbocycles. The molecule has 0 aliphatic rings. The highest BCUT2D eigenvalue weighted by Crippen LogP contribution is 2.46. The van der Waals surface area contributed by atoms with Gasteiger partial charge >= 0.3 is 0 Å². The zero-order valence-corrected chi connectivity index (χ0v) is 49.9. The molecule has 0 atom stereocenters. The van der Waals surface area contributed by atoms with Gasteiger partial charge < -0.3 is 0 Å². The average molecular weight is 1170 g/mol. The fourth-order valence-electron chi connectivity index (χ4n) is 13.4. The molecule has 0 N–H and O–H groups in total. The van der Waals surface area contributed by atoms with Crippen molar-refractivity contribution in [3.63, 3.8) is 0 Å². The van der Waals surface area contributed by atoms with E-state index in [9.17, 15) is 0 Å². The van der Waals surface area contributed by atoms with Gasteiger partial charge in [-0.05, 0) is 122 Å². The van der Waals surface area contributed by atoms with Crippen LogP contribution in [0, 0.1) is 0 Å². The Labute approximate surface area is 532 Å². The van der Waals surface area contributed by atoms with E-state index in [1.54, 1.807) is 0 Å². The van der Waals surface area contributed by atoms with Crippen molar-refractivity contribution in [2.45, 2.75) is 0 Å². The number of fused-ring (bicyclic) bond motifs is 5. The van der Waals surface area contributed by atoms with Crippen LogP contribution in [0.4, 0.5) is 0 Å². The summed E-state index contributed by atoms with van der Waals surface area (Å²) in [5.74, 6) is 3.56. The second-order valence-electron chi connectivity index (χ2n) is 23.3. The molecule has 17 aromatic rings. The van der Waals surface area contributed by atoms with Crippen molar-refractivity contribution in [1.82, 2.24) is 29.9 Å². The Morgan fingerprint density at radius 3 is 0.750 bits per heavy atom. The molecule has 0 bridgehead atoms. The summed E-state index contributed by atoms with van der Waals surface area (Å²) < 4.78 is 0. The van der Waals surface area contributed by atoms with Crippen LogP contribution in [0.2, 0.25) is 0 Å². The van der Waals surface area contributed by atoms with Gasteiger partial charge in [0.25, 0.3) is 0 Å². The molecule has 92 heavy (non-hydrogen) atoms. The monoisotopic (exact) mass is 1170 g/mol. The number of nitrogens with zero attached hydrogens (tertiary/aromatic N) is 6. The van der Waals surface area contributed by atoms with Crippen LogP contribution in [0.3, 0.4) is 0 Å². The van der Waals surface area contributed by atoms with E-state index >= 15 is 0 Å². The molecule has 17 rings (SSSR count). The fourth-order valence-corrected chi connectivity index (χ4v) is 13.4. The molecule has 0 spiro atoms. The third-order valence-electron chi connectivity index (χ3n) is 17.8. The molecule has 6 heteroatoms. The van der Waals surface area contributed by atoms with Crippen molar-refractivity contribution in [3.8, 4) is 124 Å². The predicted molar refractivity (Wildman–Crippen MR) is 381 cm³/mol. The minimum atomic E-state index is 0.583. The lowest BCUT2D eigenvalue weighted by atomic mass is 9.85. The molecular weight excluding hydrogens is 1120 g/mol. The summed E-state index contributed by atoms with van der Waals surface area (Å²) in [6.45, 7) is 0. The number of benzene rings is 15. The van der Waals surface area contributed by atoms with Gasteiger partial charge in [-0.15, -0.1) is 0 Å². The van der Waals surface area contributed by atoms with Gasteiger partial charge in [0.05, 0.1) is 0 Å². The van der Waals surface area contributed by atoms with E-state index in [4.69, 9.17) is 29.9 Å². The second-order valence-corrected chi connectivity index (χ2v) is 23.3. The Morgan fingerprint density at radius 1 is 0.130 bits per heavy atom. The standard InChI is InChI=1S/C86H54N6/c1-4-22-57(23-5-1)77-69-31-12-14-33-71(69)78(72-34-15-13-32-70(72)77)58-42-48-63(49-43-58)84-88-81(60-24-6-2-7-25-60)87-83(90-84)62-46-39-56(40-47-62)66-29-20-30-68(54-66)86-91-82(61-26-8-3-9-27-61)89-85(92-86)64-50-44-59(45-51-64)79-73-35-16-18-37-75(73)80(76-38-19-17-36-74(76)79)67-52-41-55-21-10-11-28-65(55)53-67/h1-54H. The van der Waals surface area contributed by atoms with Crippen LogP contribution in [0.25, 0.3) is 178 Å². The topological polar surface area (TPSA) is 77.3 Å². The molecule has 0 fully saturated rings. The predicted octanol–water partition coefficient (Wildman–Crippen LogP) is 22.2. The highest BCUT2D eigenvalue weighted by Gasteiger charge is 2.21. The van der Waals surface area contributed by atoms with Gasteiger partial charge in [-0.2, -0.15) is 0 Å². The Kier molecular flexibility index (Phi) is 13.4. The summed E-state index contributed by atoms with van der Waals surface area (Å²) in [4.78, 5) is 31.0. The quantitative estimate of drug-likeness (QED) is 0.120. The largest absolute Gasteiger partial charge is 0.208 e. The van der Waals surface area contributed by atoms with Crippen LogP contribution >= 0.6 is 0 Å². The van der Waals surface area contributed by atoms with Gasteiger partial charge in [0.1, 0.15) is 0 Å². The number of rotatable bonds is 11. The molecule has 0 unspecified atom stereocenters. The van der Waals surface area contributed by atoms with Gasteiger partial charge in [-0.25, -0.2) is 29.9 Å². The van der Waals surface area contributed by atoms with Crippen LogP contribution in [0.5, 0.6) is 0 Å². The van der Waals surface area contributed by atoms with Gasteiger partial charge in [0.2, 0.25) is 0 Å². The highest BCUT2D eigenvalue weighted by molar-refractivity contribution is 6.23. The third-order valence-corrected chi connectivity index (χ3v) is 17.8. The molecule has 0 aliphatic carbocycles. The van der Waals surface area contributed by atoms with Crippen molar-refractivity contribution in [2.75, 3.05) is 0 Å². The fraction of sp³-hybridized carbons (Fsp3) is 0. The molecule has 15 aromatic carbocycles. The Hall–Kier alpha value is -12.4. The average Bonchev–Trinajstić information content (AvgIpc) is 0.748. The SMILES string of the molecule is c1ccc(-c2nc(-c3ccc(-c4cccc(-c5nc(-c6ccccc6)nc(-c6ccc(-c7c8ccccc8c(-c8ccc9ccccc9c8)c8ccccc78)cc6)n5)c4)cc3)nc(-c3ccc(-c4c5ccccc5c(-c5ccccc5)c5ccccc45)cc3)n2)cc1. The summed E-state index contributed by atoms with van der Waals surface area (Å²) in [7, 11) is 0. The lowest BCUT2D eigenvalue weighted by Crippen LogP contribution is -2.00. The number of aromatic nitrogens is 6. The number of hydrogen-bond donors (Lipinski definition) is 0. The summed E-state index contributed by atoms with van der Waals surface area (Å²) in [6.07, 6.45) is 0. The smallest absolute Gasteiger partial charge is 0.164 e. The van der Waals surface area contributed by atoms with Crippen LogP contribution in [-0.4, -0.2) is 29.9 Å². The molecule has 2 heterocycles. The zero-order chi connectivity index (χ0) is 60.9. The molecule has 428 valence electrons. The first kappa shape index (κ1) is 53.8. The molecular formula is C86H54N6. The van der Waals surface area contributed by atoms with Crippen molar-refractivity contribution in [3.05, 3.63) is 328 Å². The molecule has 0 saturated heterocycles. The first-order chi connectivity index (χ1) is 45.6. The second kappa shape index (κ2) is 23.0. The van der Waals surface area contributed by atoms with E-state index in [1.165, 1.54) is 87.2 Å². The van der Waals surface area contributed by atoms with Crippen LogP contribution < -0.4 is 0 Å². The Balaban J connectivity index is 0.699. The van der Waals surface area contributed by atoms with E-state index in [0.29, 0.717) is 34.9 Å². The number of hydrogen-bond acceptors (Lipinski definition) is 6. The van der Waals surface area contributed by atoms with E-state index < -0.39 is 0 Å². The summed E-state index contributed by atoms with van der Waals surface area (Å²) >= 11 is 0. The lowest BCUT2D eigenvalue weighted by molar-refractivity contribution is 1.07. The summed E-state index contributed by atoms with van der Waals surface area (Å²) in [5.41, 5.74) is 16.9. The third kappa shape index (κ3) is 9.80. The molecule has 0 aliphatic heterocycles. The minimum Gasteiger partial charge on any atom is -0.208 e. The van der Waals surface area contributed by atoms with Crippen molar-refractivity contribution >= 4 is 53.9 Å². The highest BCUT2D eigenvalue weighted by atomic mass is 15.0. The van der Waals surface area contributed by atoms with Gasteiger partial charge in [0.15, 0.2) is 34.9 Å². The van der Waals surface area contributed by atoms with Crippen LogP contribution in [0.1, 0.15) is 0 Å². The minimum absolute atomic E-state index is 0.583. The summed E-state index contributed by atoms with van der Waals surface area (Å²) in [6, 6.07) is 116. The van der Waals surface area contributed by atoms with Gasteiger partial charge in [-0.3, -0.25) is 0 Å². The first-order valence-corrected chi connectivity index (χ1v) is 31.1. The molecule has 6 nitrogen and oxygen atoms in total.